The van der Waals surface area contributed by atoms with Crippen molar-refractivity contribution in [2.45, 2.75) is 20.8 Å². The van der Waals surface area contributed by atoms with Crippen LogP contribution in [-0.2, 0) is 13.6 Å². The fraction of sp³-hybridized carbons (Fsp3) is 0.417. The normalized spacial score (nSPS) is 11.9. The van der Waals surface area contributed by atoms with Crippen LogP contribution in [0, 0.1) is 6.92 Å². The summed E-state index contributed by atoms with van der Waals surface area (Å²) < 4.78 is 23.5. The molecule has 1 aromatic carbocycles. The summed E-state index contributed by atoms with van der Waals surface area (Å²) >= 11 is 1.47. The Morgan fingerprint density at radius 1 is 1.30 bits per heavy atom. The summed E-state index contributed by atoms with van der Waals surface area (Å²) in [5.41, 5.74) is 4.85. The van der Waals surface area contributed by atoms with Crippen LogP contribution in [0.5, 0.6) is 0 Å². The van der Waals surface area contributed by atoms with Crippen LogP contribution in [0.25, 0.3) is 10.2 Å². The van der Waals surface area contributed by atoms with E-state index in [-0.39, 0.29) is 0 Å². The SMILES string of the molecule is CCOP(=O)(NNc1nc2c(C)cccc2s1)OCC. The molecule has 0 aliphatic rings. The molecule has 0 saturated carbocycles. The number of aryl methyl sites for hydroxylation is 1. The Morgan fingerprint density at radius 2 is 2.00 bits per heavy atom. The summed E-state index contributed by atoms with van der Waals surface area (Å²) in [4.78, 5) is 4.45. The van der Waals surface area contributed by atoms with E-state index >= 15 is 0 Å². The Hall–Kier alpha value is -0.980. The number of anilines is 1. The van der Waals surface area contributed by atoms with E-state index < -0.39 is 7.75 Å². The smallest absolute Gasteiger partial charge is 0.296 e. The fourth-order valence-corrected chi connectivity index (χ4v) is 3.80. The average Bonchev–Trinajstić information content (AvgIpc) is 2.82. The minimum absolute atomic E-state index is 0.297. The van der Waals surface area contributed by atoms with Gasteiger partial charge in [-0.3, -0.25) is 14.5 Å². The molecule has 0 aliphatic heterocycles. The number of hydrogen-bond donors (Lipinski definition) is 2. The van der Waals surface area contributed by atoms with Crippen molar-refractivity contribution in [3.05, 3.63) is 23.8 Å². The number of nitrogens with zero attached hydrogens (tertiary/aromatic N) is 1. The quantitative estimate of drug-likeness (QED) is 0.599. The first-order valence-corrected chi connectivity index (χ1v) is 8.72. The highest BCUT2D eigenvalue weighted by Crippen LogP contribution is 2.43. The third-order valence-electron chi connectivity index (χ3n) is 2.52. The van der Waals surface area contributed by atoms with Crippen molar-refractivity contribution in [3.8, 4) is 0 Å². The van der Waals surface area contributed by atoms with Crippen LogP contribution in [0.4, 0.5) is 5.13 Å². The molecule has 2 rings (SSSR count). The summed E-state index contributed by atoms with van der Waals surface area (Å²) in [6, 6.07) is 5.98. The molecular formula is C12H18N3O3PS. The van der Waals surface area contributed by atoms with Gasteiger partial charge in [-0.05, 0) is 32.4 Å². The lowest BCUT2D eigenvalue weighted by Gasteiger charge is -2.17. The van der Waals surface area contributed by atoms with Crippen molar-refractivity contribution >= 4 is 34.4 Å². The number of thiazole rings is 1. The molecule has 6 nitrogen and oxygen atoms in total. The first kappa shape index (κ1) is 15.4. The summed E-state index contributed by atoms with van der Waals surface area (Å²) in [5.74, 6) is 0. The van der Waals surface area contributed by atoms with Gasteiger partial charge in [0.2, 0.25) is 0 Å². The number of fused-ring (bicyclic) bond motifs is 1. The Labute approximate surface area is 122 Å². The number of nitrogens with one attached hydrogen (secondary N) is 2. The van der Waals surface area contributed by atoms with E-state index in [1.165, 1.54) is 11.3 Å². The number of hydrogen-bond acceptors (Lipinski definition) is 6. The summed E-state index contributed by atoms with van der Waals surface area (Å²) in [6.07, 6.45) is 0. The summed E-state index contributed by atoms with van der Waals surface area (Å²) in [5, 5.41) is 3.22. The Kier molecular flexibility index (Phi) is 5.12. The maximum atomic E-state index is 12.2. The Morgan fingerprint density at radius 3 is 2.60 bits per heavy atom. The van der Waals surface area contributed by atoms with Gasteiger partial charge in [0.25, 0.3) is 0 Å². The third kappa shape index (κ3) is 3.56. The molecule has 0 fully saturated rings. The van der Waals surface area contributed by atoms with Crippen molar-refractivity contribution in [3.63, 3.8) is 0 Å². The predicted octanol–water partition coefficient (Wildman–Crippen LogP) is 3.70. The van der Waals surface area contributed by atoms with Crippen LogP contribution in [0.1, 0.15) is 19.4 Å². The topological polar surface area (TPSA) is 72.5 Å². The van der Waals surface area contributed by atoms with Crippen molar-refractivity contribution in [1.82, 2.24) is 10.2 Å². The first-order chi connectivity index (χ1) is 9.58. The van der Waals surface area contributed by atoms with Crippen molar-refractivity contribution in [2.75, 3.05) is 18.6 Å². The standard InChI is InChI=1S/C12H18N3O3PS/c1-4-17-19(16,18-5-2)15-14-12-13-11-9(3)7-6-8-10(11)20-12/h6-8H,4-5H2,1-3H3,(H,13,14)(H,15,16). The molecule has 1 aromatic heterocycles. The lowest BCUT2D eigenvalue weighted by Crippen LogP contribution is -2.21. The maximum absolute atomic E-state index is 12.2. The van der Waals surface area contributed by atoms with Gasteiger partial charge in [-0.2, -0.15) is 0 Å². The van der Waals surface area contributed by atoms with Crippen LogP contribution >= 0.6 is 19.1 Å². The van der Waals surface area contributed by atoms with Crippen molar-refractivity contribution in [1.29, 1.82) is 0 Å². The second-order valence-corrected chi connectivity index (χ2v) is 6.78. The molecule has 0 spiro atoms. The van der Waals surface area contributed by atoms with Crippen molar-refractivity contribution < 1.29 is 13.6 Å². The summed E-state index contributed by atoms with van der Waals surface area (Å²) in [6.45, 7) is 6.11. The molecule has 2 aromatic rings. The highest BCUT2D eigenvalue weighted by atomic mass is 32.1. The zero-order valence-corrected chi connectivity index (χ0v) is 13.4. The molecule has 0 radical (unpaired) electrons. The Balaban J connectivity index is 2.12. The van der Waals surface area contributed by atoms with Gasteiger partial charge < -0.3 is 0 Å². The van der Waals surface area contributed by atoms with E-state index in [4.69, 9.17) is 9.05 Å². The van der Waals surface area contributed by atoms with E-state index in [1.54, 1.807) is 13.8 Å². The number of aromatic nitrogens is 1. The van der Waals surface area contributed by atoms with E-state index in [0.717, 1.165) is 15.8 Å². The van der Waals surface area contributed by atoms with Crippen molar-refractivity contribution in [2.24, 2.45) is 0 Å². The lowest BCUT2D eigenvalue weighted by atomic mass is 10.2. The highest BCUT2D eigenvalue weighted by Gasteiger charge is 2.23. The molecule has 20 heavy (non-hydrogen) atoms. The van der Waals surface area contributed by atoms with Crippen LogP contribution in [0.2, 0.25) is 0 Å². The van der Waals surface area contributed by atoms with Gasteiger partial charge in [-0.15, -0.1) is 5.20 Å². The van der Waals surface area contributed by atoms with Gasteiger partial charge in [0.15, 0.2) is 5.13 Å². The highest BCUT2D eigenvalue weighted by molar-refractivity contribution is 7.51. The van der Waals surface area contributed by atoms with Gasteiger partial charge in [-0.1, -0.05) is 23.5 Å². The van der Waals surface area contributed by atoms with E-state index in [0.29, 0.717) is 18.3 Å². The van der Waals surface area contributed by atoms with E-state index in [1.807, 2.05) is 25.1 Å². The molecule has 0 atom stereocenters. The molecule has 0 bridgehead atoms. The number of hydrazine groups is 1. The van der Waals surface area contributed by atoms with Crippen LogP contribution in [0.15, 0.2) is 18.2 Å². The van der Waals surface area contributed by atoms with Gasteiger partial charge >= 0.3 is 7.75 Å². The minimum atomic E-state index is -3.33. The molecular weight excluding hydrogens is 297 g/mol. The fourth-order valence-electron chi connectivity index (χ4n) is 1.70. The second-order valence-electron chi connectivity index (χ2n) is 4.01. The third-order valence-corrected chi connectivity index (χ3v) is 5.04. The maximum Gasteiger partial charge on any atom is 0.423 e. The monoisotopic (exact) mass is 315 g/mol. The largest absolute Gasteiger partial charge is 0.423 e. The molecule has 0 saturated heterocycles. The molecule has 0 aliphatic carbocycles. The van der Waals surface area contributed by atoms with Crippen LogP contribution in [-0.4, -0.2) is 18.2 Å². The summed E-state index contributed by atoms with van der Waals surface area (Å²) in [7, 11) is -3.33. The molecule has 1 heterocycles. The number of para-hydroxylation sites is 1. The van der Waals surface area contributed by atoms with E-state index in [9.17, 15) is 4.57 Å². The number of benzene rings is 1. The second kappa shape index (κ2) is 6.65. The van der Waals surface area contributed by atoms with Crippen LogP contribution < -0.4 is 10.6 Å². The van der Waals surface area contributed by atoms with Gasteiger partial charge in [0.05, 0.1) is 23.4 Å². The molecule has 0 amide bonds. The lowest BCUT2D eigenvalue weighted by molar-refractivity contribution is 0.213. The minimum Gasteiger partial charge on any atom is -0.296 e. The zero-order chi connectivity index (χ0) is 14.6. The Bertz CT molecular complexity index is 621. The zero-order valence-electron chi connectivity index (χ0n) is 11.7. The molecule has 110 valence electrons. The van der Waals surface area contributed by atoms with E-state index in [2.05, 4.69) is 15.6 Å². The average molecular weight is 315 g/mol. The predicted molar refractivity (Wildman–Crippen MR) is 82.0 cm³/mol. The van der Waals surface area contributed by atoms with Crippen LogP contribution in [0.3, 0.4) is 0 Å². The number of rotatable bonds is 7. The first-order valence-electron chi connectivity index (χ1n) is 6.36. The van der Waals surface area contributed by atoms with Gasteiger partial charge in [-0.25, -0.2) is 9.55 Å². The molecule has 2 N–H and O–H groups in total. The molecule has 0 unspecified atom stereocenters. The molecule has 8 heteroatoms. The van der Waals surface area contributed by atoms with Gasteiger partial charge in [0, 0.05) is 0 Å². The van der Waals surface area contributed by atoms with Gasteiger partial charge in [0.1, 0.15) is 0 Å².